The van der Waals surface area contributed by atoms with Crippen LogP contribution >= 0.6 is 0 Å². The Morgan fingerprint density at radius 3 is 2.77 bits per heavy atom. The number of hydrogen-bond donors (Lipinski definition) is 2. The number of hydrogen-bond acceptors (Lipinski definition) is 4. The number of aromatic nitrogens is 2. The van der Waals surface area contributed by atoms with Crippen molar-refractivity contribution in [1.29, 1.82) is 0 Å². The minimum absolute atomic E-state index is 0.407. The van der Waals surface area contributed by atoms with Gasteiger partial charge in [-0.2, -0.15) is 0 Å². The monoisotopic (exact) mass is 305 g/mol. The maximum absolute atomic E-state index is 6.04. The minimum Gasteiger partial charge on any atom is -0.332 e. The lowest BCUT2D eigenvalue weighted by molar-refractivity contribution is 0.203. The molecule has 0 spiro atoms. The molecule has 124 valence electrons. The fourth-order valence-corrected chi connectivity index (χ4v) is 4.04. The van der Waals surface area contributed by atoms with Gasteiger partial charge in [-0.1, -0.05) is 0 Å². The Morgan fingerprint density at radius 1 is 1.27 bits per heavy atom. The molecule has 2 heterocycles. The summed E-state index contributed by atoms with van der Waals surface area (Å²) >= 11 is 0. The summed E-state index contributed by atoms with van der Waals surface area (Å²) in [7, 11) is 4.39. The first kappa shape index (κ1) is 16.0. The van der Waals surface area contributed by atoms with Gasteiger partial charge in [-0.25, -0.2) is 4.98 Å². The van der Waals surface area contributed by atoms with Crippen LogP contribution in [-0.4, -0.2) is 53.2 Å². The number of nitrogens with one attached hydrogen (secondary N) is 1. The molecule has 0 amide bonds. The van der Waals surface area contributed by atoms with Crippen molar-refractivity contribution < 1.29 is 0 Å². The minimum atomic E-state index is 0.407. The largest absolute Gasteiger partial charge is 0.332 e. The van der Waals surface area contributed by atoms with Crippen LogP contribution in [0.2, 0.25) is 0 Å². The molecule has 3 N–H and O–H groups in total. The number of nitrogens with zero attached hydrogens (tertiary/aromatic N) is 3. The van der Waals surface area contributed by atoms with E-state index in [1.54, 1.807) is 0 Å². The van der Waals surface area contributed by atoms with Gasteiger partial charge in [-0.05, 0) is 59.2 Å². The molecular formula is C17H31N5. The normalized spacial score (nSPS) is 33.3. The number of rotatable bonds is 4. The Hall–Kier alpha value is -0.910. The average molecular weight is 305 g/mol. The Morgan fingerprint density at radius 2 is 2.05 bits per heavy atom. The zero-order valence-electron chi connectivity index (χ0n) is 14.0. The number of nitrogens with two attached hydrogens (primary N) is 1. The smallest absolute Gasteiger partial charge is 0.110 e. The van der Waals surface area contributed by atoms with Crippen LogP contribution in [0, 0.1) is 0 Å². The van der Waals surface area contributed by atoms with Gasteiger partial charge in [0.1, 0.15) is 5.82 Å². The first-order valence-electron chi connectivity index (χ1n) is 8.80. The highest BCUT2D eigenvalue weighted by Crippen LogP contribution is 2.29. The van der Waals surface area contributed by atoms with Crippen LogP contribution in [-0.2, 0) is 6.42 Å². The van der Waals surface area contributed by atoms with Gasteiger partial charge in [0, 0.05) is 43.0 Å². The third-order valence-corrected chi connectivity index (χ3v) is 5.51. The molecule has 3 rings (SSSR count). The quantitative estimate of drug-likeness (QED) is 0.886. The van der Waals surface area contributed by atoms with E-state index < -0.39 is 0 Å². The molecule has 22 heavy (non-hydrogen) atoms. The van der Waals surface area contributed by atoms with E-state index in [-0.39, 0.29) is 0 Å². The van der Waals surface area contributed by atoms with Crippen molar-refractivity contribution in [2.24, 2.45) is 5.73 Å². The highest BCUT2D eigenvalue weighted by Gasteiger charge is 2.26. The van der Waals surface area contributed by atoms with E-state index >= 15 is 0 Å². The fraction of sp³-hybridized carbons (Fsp3) is 0.824. The van der Waals surface area contributed by atoms with Crippen LogP contribution < -0.4 is 11.1 Å². The van der Waals surface area contributed by atoms with Crippen molar-refractivity contribution in [2.45, 2.75) is 69.1 Å². The lowest BCUT2D eigenvalue weighted by Gasteiger charge is -2.35. The summed E-state index contributed by atoms with van der Waals surface area (Å²) < 4.78 is 2.42. The standard InChI is InChI=1S/C17H31N5/c1-21(2)16-7-8-19-14(11-16)12-17-20-9-10-22(17)15-5-3-13(18)4-6-15/h9-10,13-16,19H,3-8,11-12,18H2,1-2H3. The lowest BCUT2D eigenvalue weighted by Crippen LogP contribution is -2.46. The molecule has 2 fully saturated rings. The zero-order valence-corrected chi connectivity index (χ0v) is 14.0. The van der Waals surface area contributed by atoms with Crippen molar-refractivity contribution >= 4 is 0 Å². The van der Waals surface area contributed by atoms with Crippen LogP contribution in [0.3, 0.4) is 0 Å². The molecule has 5 heteroatoms. The van der Waals surface area contributed by atoms with Crippen molar-refractivity contribution in [3.8, 4) is 0 Å². The van der Waals surface area contributed by atoms with Crippen molar-refractivity contribution in [3.05, 3.63) is 18.2 Å². The zero-order chi connectivity index (χ0) is 15.5. The molecule has 0 radical (unpaired) electrons. The van der Waals surface area contributed by atoms with Gasteiger partial charge in [0.15, 0.2) is 0 Å². The highest BCUT2D eigenvalue weighted by atomic mass is 15.1. The van der Waals surface area contributed by atoms with Crippen molar-refractivity contribution in [3.63, 3.8) is 0 Å². The van der Waals surface area contributed by atoms with Gasteiger partial charge in [-0.3, -0.25) is 0 Å². The van der Waals surface area contributed by atoms with Gasteiger partial charge in [0.05, 0.1) is 0 Å². The van der Waals surface area contributed by atoms with Gasteiger partial charge < -0.3 is 20.5 Å². The molecule has 1 saturated carbocycles. The summed E-state index contributed by atoms with van der Waals surface area (Å²) in [5.74, 6) is 1.25. The summed E-state index contributed by atoms with van der Waals surface area (Å²) in [6.07, 6.45) is 12.3. The average Bonchev–Trinajstić information content (AvgIpc) is 2.96. The summed E-state index contributed by atoms with van der Waals surface area (Å²) in [5.41, 5.74) is 6.04. The third kappa shape index (κ3) is 3.70. The van der Waals surface area contributed by atoms with E-state index in [2.05, 4.69) is 40.1 Å². The van der Waals surface area contributed by atoms with Crippen LogP contribution in [0.5, 0.6) is 0 Å². The summed E-state index contributed by atoms with van der Waals surface area (Å²) in [6, 6.07) is 2.25. The topological polar surface area (TPSA) is 59.1 Å². The van der Waals surface area contributed by atoms with Crippen LogP contribution in [0.1, 0.15) is 50.4 Å². The Kier molecular flexibility index (Phi) is 5.16. The second-order valence-electron chi connectivity index (χ2n) is 7.32. The van der Waals surface area contributed by atoms with E-state index in [0.29, 0.717) is 24.2 Å². The molecule has 1 aliphatic carbocycles. The van der Waals surface area contributed by atoms with E-state index in [1.165, 1.54) is 31.5 Å². The van der Waals surface area contributed by atoms with E-state index in [0.717, 1.165) is 25.8 Å². The fourth-order valence-electron chi connectivity index (χ4n) is 4.04. The van der Waals surface area contributed by atoms with Gasteiger partial charge in [0.25, 0.3) is 0 Å². The molecular weight excluding hydrogens is 274 g/mol. The first-order chi connectivity index (χ1) is 10.6. The molecule has 2 unspecified atom stereocenters. The Labute approximate surface area is 134 Å². The van der Waals surface area contributed by atoms with E-state index in [1.807, 2.05) is 6.20 Å². The van der Waals surface area contributed by atoms with Crippen LogP contribution in [0.15, 0.2) is 12.4 Å². The molecule has 1 aromatic rings. The second-order valence-corrected chi connectivity index (χ2v) is 7.32. The SMILES string of the molecule is CN(C)C1CCNC(Cc2nccn2C2CCC(N)CC2)C1. The van der Waals surface area contributed by atoms with Crippen LogP contribution in [0.25, 0.3) is 0 Å². The van der Waals surface area contributed by atoms with Crippen molar-refractivity contribution in [1.82, 2.24) is 19.8 Å². The molecule has 0 aromatic carbocycles. The van der Waals surface area contributed by atoms with Gasteiger partial charge in [0.2, 0.25) is 0 Å². The maximum atomic E-state index is 6.04. The molecule has 1 aliphatic heterocycles. The number of piperidine rings is 1. The molecule has 1 aromatic heterocycles. The lowest BCUT2D eigenvalue weighted by atomic mass is 9.91. The second kappa shape index (κ2) is 7.11. The Bertz CT molecular complexity index is 461. The van der Waals surface area contributed by atoms with Gasteiger partial charge >= 0.3 is 0 Å². The van der Waals surface area contributed by atoms with E-state index in [9.17, 15) is 0 Å². The maximum Gasteiger partial charge on any atom is 0.110 e. The predicted octanol–water partition coefficient (Wildman–Crippen LogP) is 1.55. The molecule has 5 nitrogen and oxygen atoms in total. The molecule has 0 bridgehead atoms. The Balaban J connectivity index is 1.62. The molecule has 2 atom stereocenters. The first-order valence-corrected chi connectivity index (χ1v) is 8.80. The summed E-state index contributed by atoms with van der Waals surface area (Å²) in [6.45, 7) is 1.12. The van der Waals surface area contributed by atoms with Gasteiger partial charge in [-0.15, -0.1) is 0 Å². The predicted molar refractivity (Wildman–Crippen MR) is 89.9 cm³/mol. The summed E-state index contributed by atoms with van der Waals surface area (Å²) in [4.78, 5) is 7.02. The molecule has 2 aliphatic rings. The summed E-state index contributed by atoms with van der Waals surface area (Å²) in [5, 5.41) is 3.68. The van der Waals surface area contributed by atoms with Crippen LogP contribution in [0.4, 0.5) is 0 Å². The van der Waals surface area contributed by atoms with E-state index in [4.69, 9.17) is 5.73 Å². The third-order valence-electron chi connectivity index (χ3n) is 5.51. The molecule has 1 saturated heterocycles. The van der Waals surface area contributed by atoms with Crippen molar-refractivity contribution in [2.75, 3.05) is 20.6 Å². The highest BCUT2D eigenvalue weighted by molar-refractivity contribution is 5.01. The number of imidazole rings is 1.